The first-order valence-electron chi connectivity index (χ1n) is 7.95. The van der Waals surface area contributed by atoms with E-state index in [0.29, 0.717) is 12.1 Å². The van der Waals surface area contributed by atoms with Crippen molar-refractivity contribution >= 4 is 0 Å². The lowest BCUT2D eigenvalue weighted by atomic mass is 10.1. The molecule has 2 fully saturated rings. The zero-order valence-electron chi connectivity index (χ0n) is 12.6. The maximum atomic E-state index is 5.85. The van der Waals surface area contributed by atoms with Gasteiger partial charge in [0.25, 0.3) is 0 Å². The summed E-state index contributed by atoms with van der Waals surface area (Å²) in [5.41, 5.74) is 0. The summed E-state index contributed by atoms with van der Waals surface area (Å²) in [5, 5.41) is 0. The van der Waals surface area contributed by atoms with Gasteiger partial charge >= 0.3 is 0 Å². The Hall–Kier alpha value is -0.160. The van der Waals surface area contributed by atoms with E-state index in [0.717, 1.165) is 32.9 Å². The quantitative estimate of drug-likeness (QED) is 0.685. The molecular formula is C15H30N2O2. The van der Waals surface area contributed by atoms with Crippen LogP contribution in [0.4, 0.5) is 0 Å². The van der Waals surface area contributed by atoms with E-state index in [1.54, 1.807) is 0 Å². The first-order chi connectivity index (χ1) is 9.29. The predicted molar refractivity (Wildman–Crippen MR) is 77.6 cm³/mol. The third-order valence-electron chi connectivity index (χ3n) is 4.31. The molecule has 0 aromatic rings. The Morgan fingerprint density at radius 1 is 1.26 bits per heavy atom. The van der Waals surface area contributed by atoms with E-state index in [4.69, 9.17) is 9.47 Å². The number of hydrogen-bond acceptors (Lipinski definition) is 4. The van der Waals surface area contributed by atoms with Gasteiger partial charge in [-0.1, -0.05) is 0 Å². The van der Waals surface area contributed by atoms with Crippen molar-refractivity contribution < 1.29 is 9.47 Å². The lowest BCUT2D eigenvalue weighted by molar-refractivity contribution is -0.0236. The summed E-state index contributed by atoms with van der Waals surface area (Å²) in [5.74, 6) is 0. The second kappa shape index (κ2) is 8.20. The molecule has 0 N–H and O–H groups in total. The van der Waals surface area contributed by atoms with Gasteiger partial charge in [0.05, 0.1) is 12.7 Å². The van der Waals surface area contributed by atoms with Crippen LogP contribution in [-0.4, -0.2) is 74.5 Å². The van der Waals surface area contributed by atoms with Gasteiger partial charge in [-0.2, -0.15) is 0 Å². The van der Waals surface area contributed by atoms with Crippen molar-refractivity contribution in [3.63, 3.8) is 0 Å². The minimum atomic E-state index is 0.482. The molecule has 2 heterocycles. The van der Waals surface area contributed by atoms with Gasteiger partial charge in [0.15, 0.2) is 0 Å². The normalized spacial score (nSPS) is 30.6. The second-order valence-electron chi connectivity index (χ2n) is 5.83. The van der Waals surface area contributed by atoms with Gasteiger partial charge in [-0.15, -0.1) is 0 Å². The molecule has 4 nitrogen and oxygen atoms in total. The zero-order chi connectivity index (χ0) is 13.5. The molecule has 0 spiro atoms. The minimum absolute atomic E-state index is 0.482. The monoisotopic (exact) mass is 270 g/mol. The lowest BCUT2D eigenvalue weighted by Crippen LogP contribution is -2.54. The van der Waals surface area contributed by atoms with E-state index < -0.39 is 0 Å². The van der Waals surface area contributed by atoms with Crippen LogP contribution in [0.2, 0.25) is 0 Å². The maximum Gasteiger partial charge on any atom is 0.0702 e. The van der Waals surface area contributed by atoms with Gasteiger partial charge in [-0.25, -0.2) is 0 Å². The van der Waals surface area contributed by atoms with Gasteiger partial charge in [-0.05, 0) is 33.1 Å². The molecule has 0 aromatic carbocycles. The minimum Gasteiger partial charge on any atom is -0.380 e. The zero-order valence-corrected chi connectivity index (χ0v) is 12.6. The lowest BCUT2D eigenvalue weighted by Gasteiger charge is -2.41. The molecule has 2 aliphatic rings. The molecule has 0 aromatic heterocycles. The number of hydrogen-bond donors (Lipinski definition) is 0. The predicted octanol–water partition coefficient (Wildman–Crippen LogP) is 1.60. The Morgan fingerprint density at radius 3 is 2.84 bits per heavy atom. The van der Waals surface area contributed by atoms with Crippen molar-refractivity contribution in [3.05, 3.63) is 0 Å². The Bertz CT molecular complexity index is 244. The van der Waals surface area contributed by atoms with E-state index in [9.17, 15) is 0 Å². The molecule has 4 heteroatoms. The maximum absolute atomic E-state index is 5.85. The van der Waals surface area contributed by atoms with Crippen LogP contribution in [0.25, 0.3) is 0 Å². The average Bonchev–Trinajstić information content (AvgIpc) is 2.43. The van der Waals surface area contributed by atoms with Crippen molar-refractivity contribution in [2.45, 2.75) is 45.3 Å². The van der Waals surface area contributed by atoms with Crippen LogP contribution in [0.3, 0.4) is 0 Å². The fourth-order valence-electron chi connectivity index (χ4n) is 3.13. The van der Waals surface area contributed by atoms with Gasteiger partial charge in [0, 0.05) is 52.0 Å². The van der Waals surface area contributed by atoms with E-state index in [1.807, 2.05) is 0 Å². The summed E-state index contributed by atoms with van der Waals surface area (Å²) in [6.45, 7) is 12.8. The van der Waals surface area contributed by atoms with Gasteiger partial charge in [0.1, 0.15) is 0 Å². The van der Waals surface area contributed by atoms with E-state index in [2.05, 4.69) is 23.6 Å². The van der Waals surface area contributed by atoms with Crippen molar-refractivity contribution in [1.29, 1.82) is 0 Å². The van der Waals surface area contributed by atoms with Gasteiger partial charge in [-0.3, -0.25) is 9.80 Å². The van der Waals surface area contributed by atoms with Crippen molar-refractivity contribution in [1.82, 2.24) is 9.80 Å². The van der Waals surface area contributed by atoms with Crippen LogP contribution in [-0.2, 0) is 9.47 Å². The van der Waals surface area contributed by atoms with E-state index >= 15 is 0 Å². The van der Waals surface area contributed by atoms with Gasteiger partial charge < -0.3 is 9.47 Å². The highest BCUT2D eigenvalue weighted by molar-refractivity contribution is 4.81. The van der Waals surface area contributed by atoms with Crippen molar-refractivity contribution in [3.8, 4) is 0 Å². The molecule has 0 amide bonds. The van der Waals surface area contributed by atoms with Crippen molar-refractivity contribution in [2.24, 2.45) is 0 Å². The summed E-state index contributed by atoms with van der Waals surface area (Å²) >= 11 is 0. The smallest absolute Gasteiger partial charge is 0.0702 e. The molecule has 19 heavy (non-hydrogen) atoms. The van der Waals surface area contributed by atoms with Crippen LogP contribution in [0, 0.1) is 0 Å². The molecule has 0 bridgehead atoms. The summed E-state index contributed by atoms with van der Waals surface area (Å²) in [7, 11) is 0. The fraction of sp³-hybridized carbons (Fsp3) is 1.00. The van der Waals surface area contributed by atoms with Crippen LogP contribution >= 0.6 is 0 Å². The second-order valence-corrected chi connectivity index (χ2v) is 5.83. The summed E-state index contributed by atoms with van der Waals surface area (Å²) in [4.78, 5) is 5.13. The van der Waals surface area contributed by atoms with Crippen LogP contribution < -0.4 is 0 Å². The third kappa shape index (κ3) is 5.03. The van der Waals surface area contributed by atoms with Gasteiger partial charge in [0.2, 0.25) is 0 Å². The summed E-state index contributed by atoms with van der Waals surface area (Å²) in [6, 6.07) is 0.637. The molecule has 2 saturated heterocycles. The Morgan fingerprint density at radius 2 is 2.16 bits per heavy atom. The molecular weight excluding hydrogens is 240 g/mol. The summed E-state index contributed by atoms with van der Waals surface area (Å²) < 4.78 is 11.3. The van der Waals surface area contributed by atoms with E-state index in [1.165, 1.54) is 38.9 Å². The summed E-state index contributed by atoms with van der Waals surface area (Å²) in [6.07, 6.45) is 4.32. The van der Waals surface area contributed by atoms with Crippen LogP contribution in [0.5, 0.6) is 0 Å². The topological polar surface area (TPSA) is 24.9 Å². The molecule has 0 unspecified atom stereocenters. The Balaban J connectivity index is 1.66. The highest BCUT2D eigenvalue weighted by Gasteiger charge is 2.25. The van der Waals surface area contributed by atoms with Crippen LogP contribution in [0.15, 0.2) is 0 Å². The number of rotatable bonds is 6. The van der Waals surface area contributed by atoms with Crippen molar-refractivity contribution in [2.75, 3.05) is 52.5 Å². The standard InChI is InChI=1S/C15H30N2O2/c1-3-18-11-9-17-8-7-16(12-14(17)2)13-15-6-4-5-10-19-15/h14-15H,3-13H2,1-2H3/t14-,15-/m1/s1. The molecule has 2 atom stereocenters. The first kappa shape index (κ1) is 15.2. The third-order valence-corrected chi connectivity index (χ3v) is 4.31. The van der Waals surface area contributed by atoms with Crippen LogP contribution in [0.1, 0.15) is 33.1 Å². The number of nitrogens with zero attached hydrogens (tertiary/aromatic N) is 2. The largest absolute Gasteiger partial charge is 0.380 e. The number of ether oxygens (including phenoxy) is 2. The highest BCUT2D eigenvalue weighted by atomic mass is 16.5. The molecule has 2 aliphatic heterocycles. The molecule has 0 radical (unpaired) electrons. The first-order valence-corrected chi connectivity index (χ1v) is 7.95. The number of piperazine rings is 1. The van der Waals surface area contributed by atoms with E-state index in [-0.39, 0.29) is 0 Å². The highest BCUT2D eigenvalue weighted by Crippen LogP contribution is 2.16. The molecule has 2 rings (SSSR count). The average molecular weight is 270 g/mol. The molecule has 112 valence electrons. The SMILES string of the molecule is CCOCCN1CCN(C[C@H]2CCCCO2)C[C@H]1C. The Kier molecular flexibility index (Phi) is 6.57. The fourth-order valence-corrected chi connectivity index (χ4v) is 3.13. The Labute approximate surface area is 118 Å². The molecule has 0 saturated carbocycles. The molecule has 0 aliphatic carbocycles.